The molecule has 0 unspecified atom stereocenters. The molecule has 0 atom stereocenters. The maximum atomic E-state index is 12.8. The Morgan fingerprint density at radius 2 is 1.80 bits per heavy atom. The average Bonchev–Trinajstić information content (AvgIpc) is 3.02. The molecule has 4 aromatic rings. The zero-order valence-electron chi connectivity index (χ0n) is 14.4. The molecule has 0 fully saturated rings. The molecule has 124 valence electrons. The van der Waals surface area contributed by atoms with Gasteiger partial charge in [-0.2, -0.15) is 0 Å². The van der Waals surface area contributed by atoms with Gasteiger partial charge < -0.3 is 4.98 Å². The number of H-pyrrole nitrogens is 1. The summed E-state index contributed by atoms with van der Waals surface area (Å²) >= 11 is 1.51. The summed E-state index contributed by atoms with van der Waals surface area (Å²) in [6.07, 6.45) is 0. The third-order valence-electron chi connectivity index (χ3n) is 4.55. The first-order valence-electron chi connectivity index (χ1n) is 8.19. The van der Waals surface area contributed by atoms with Gasteiger partial charge in [0.1, 0.15) is 10.7 Å². The van der Waals surface area contributed by atoms with Crippen molar-refractivity contribution in [3.63, 3.8) is 0 Å². The van der Waals surface area contributed by atoms with Gasteiger partial charge in [0.15, 0.2) is 0 Å². The number of hydrogen-bond donors (Lipinski definition) is 1. The summed E-state index contributed by atoms with van der Waals surface area (Å²) in [5.41, 5.74) is 6.46. The molecule has 4 rings (SSSR count). The van der Waals surface area contributed by atoms with Gasteiger partial charge in [-0.15, -0.1) is 11.3 Å². The van der Waals surface area contributed by atoms with E-state index >= 15 is 0 Å². The molecule has 3 nitrogen and oxygen atoms in total. The number of fused-ring (bicyclic) bond motifs is 1. The van der Waals surface area contributed by atoms with Crippen molar-refractivity contribution >= 4 is 21.6 Å². The Hall–Kier alpha value is -2.72. The molecule has 0 amide bonds. The molecule has 2 heterocycles. The summed E-state index contributed by atoms with van der Waals surface area (Å²) in [7, 11) is 0. The first kappa shape index (κ1) is 15.8. The number of rotatable bonds is 2. The van der Waals surface area contributed by atoms with E-state index in [1.54, 1.807) is 0 Å². The van der Waals surface area contributed by atoms with E-state index in [9.17, 15) is 4.79 Å². The fourth-order valence-corrected chi connectivity index (χ4v) is 3.95. The number of hydrogen-bond acceptors (Lipinski definition) is 3. The van der Waals surface area contributed by atoms with Gasteiger partial charge >= 0.3 is 0 Å². The predicted octanol–water partition coefficient (Wildman–Crippen LogP) is 5.24. The van der Waals surface area contributed by atoms with Gasteiger partial charge in [-0.1, -0.05) is 42.0 Å². The minimum atomic E-state index is -0.0871. The van der Waals surface area contributed by atoms with E-state index in [4.69, 9.17) is 4.98 Å². The average molecular weight is 346 g/mol. The standard InChI is InChI=1S/C21H18N2OS/c1-12-5-4-6-16(9-12)19-22-20(24)18-17(11-25-21(18)23-19)15-8-7-13(2)14(3)10-15/h4-11H,1-3H3,(H,22,23,24). The smallest absolute Gasteiger partial charge is 0.260 e. The van der Waals surface area contributed by atoms with Crippen LogP contribution in [0.25, 0.3) is 32.7 Å². The molecule has 0 saturated heterocycles. The number of nitrogens with one attached hydrogen (secondary N) is 1. The molecule has 0 aliphatic carbocycles. The van der Waals surface area contributed by atoms with E-state index in [1.807, 2.05) is 36.6 Å². The highest BCUT2D eigenvalue weighted by atomic mass is 32.1. The number of aromatic amines is 1. The Morgan fingerprint density at radius 3 is 2.56 bits per heavy atom. The van der Waals surface area contributed by atoms with Crippen LogP contribution in [0.2, 0.25) is 0 Å². The molecule has 2 aromatic carbocycles. The van der Waals surface area contributed by atoms with Gasteiger partial charge in [-0.25, -0.2) is 4.98 Å². The van der Waals surface area contributed by atoms with Crippen molar-refractivity contribution in [3.8, 4) is 22.5 Å². The van der Waals surface area contributed by atoms with Crippen LogP contribution in [0.5, 0.6) is 0 Å². The zero-order valence-corrected chi connectivity index (χ0v) is 15.2. The van der Waals surface area contributed by atoms with Gasteiger partial charge in [0.25, 0.3) is 5.56 Å². The topological polar surface area (TPSA) is 45.8 Å². The summed E-state index contributed by atoms with van der Waals surface area (Å²) < 4.78 is 0. The summed E-state index contributed by atoms with van der Waals surface area (Å²) in [5, 5.41) is 2.70. The number of nitrogens with zero attached hydrogens (tertiary/aromatic N) is 1. The van der Waals surface area contributed by atoms with Gasteiger partial charge in [0.05, 0.1) is 5.39 Å². The van der Waals surface area contributed by atoms with Gasteiger partial charge in [-0.3, -0.25) is 4.79 Å². The van der Waals surface area contributed by atoms with Crippen LogP contribution in [0.1, 0.15) is 16.7 Å². The molecule has 0 aliphatic heterocycles. The molecule has 4 heteroatoms. The lowest BCUT2D eigenvalue weighted by atomic mass is 10.0. The molecule has 0 saturated carbocycles. The number of aryl methyl sites for hydroxylation is 3. The molecule has 0 spiro atoms. The summed E-state index contributed by atoms with van der Waals surface area (Å²) in [5.74, 6) is 0.620. The van der Waals surface area contributed by atoms with Crippen LogP contribution in [-0.2, 0) is 0 Å². The highest BCUT2D eigenvalue weighted by Crippen LogP contribution is 2.32. The van der Waals surface area contributed by atoms with Crippen LogP contribution < -0.4 is 5.56 Å². The van der Waals surface area contributed by atoms with Crippen molar-refractivity contribution in [2.45, 2.75) is 20.8 Å². The summed E-state index contributed by atoms with van der Waals surface area (Å²) in [6, 6.07) is 14.3. The molecule has 0 bridgehead atoms. The van der Waals surface area contributed by atoms with Crippen molar-refractivity contribution in [3.05, 3.63) is 74.9 Å². The second-order valence-electron chi connectivity index (χ2n) is 6.41. The Labute approximate surface area is 150 Å². The minimum absolute atomic E-state index is 0.0871. The molecule has 0 aliphatic rings. The highest BCUT2D eigenvalue weighted by molar-refractivity contribution is 7.17. The first-order valence-corrected chi connectivity index (χ1v) is 9.07. The first-order chi connectivity index (χ1) is 12.0. The monoisotopic (exact) mass is 346 g/mol. The molecular formula is C21H18N2OS. The van der Waals surface area contributed by atoms with Crippen LogP contribution in [0.3, 0.4) is 0 Å². The predicted molar refractivity (Wildman–Crippen MR) is 105 cm³/mol. The molecule has 0 radical (unpaired) electrons. The molecular weight excluding hydrogens is 328 g/mol. The third kappa shape index (κ3) is 2.79. The molecule has 1 N–H and O–H groups in total. The Balaban J connectivity index is 1.90. The van der Waals surface area contributed by atoms with E-state index in [0.717, 1.165) is 27.1 Å². The van der Waals surface area contributed by atoms with E-state index in [1.165, 1.54) is 22.5 Å². The van der Waals surface area contributed by atoms with E-state index < -0.39 is 0 Å². The number of aromatic nitrogens is 2. The lowest BCUT2D eigenvalue weighted by Crippen LogP contribution is -2.09. The minimum Gasteiger partial charge on any atom is -0.306 e. The Bertz CT molecular complexity index is 1150. The quantitative estimate of drug-likeness (QED) is 0.539. The van der Waals surface area contributed by atoms with E-state index in [-0.39, 0.29) is 5.56 Å². The van der Waals surface area contributed by atoms with Crippen molar-refractivity contribution < 1.29 is 0 Å². The number of benzene rings is 2. The van der Waals surface area contributed by atoms with Crippen LogP contribution in [0, 0.1) is 20.8 Å². The largest absolute Gasteiger partial charge is 0.306 e. The van der Waals surface area contributed by atoms with E-state index in [0.29, 0.717) is 11.2 Å². The third-order valence-corrected chi connectivity index (χ3v) is 5.43. The lowest BCUT2D eigenvalue weighted by Gasteiger charge is -2.05. The van der Waals surface area contributed by atoms with E-state index in [2.05, 4.69) is 37.0 Å². The van der Waals surface area contributed by atoms with Crippen LogP contribution in [0.15, 0.2) is 52.6 Å². The normalized spacial score (nSPS) is 11.2. The SMILES string of the molecule is Cc1cccc(-c2nc3scc(-c4ccc(C)c(C)c4)c3c(=O)[nH]2)c1. The maximum absolute atomic E-state index is 12.8. The van der Waals surface area contributed by atoms with Crippen molar-refractivity contribution in [1.29, 1.82) is 0 Å². The van der Waals surface area contributed by atoms with Crippen molar-refractivity contribution in [2.75, 3.05) is 0 Å². The zero-order chi connectivity index (χ0) is 17.6. The second kappa shape index (κ2) is 5.97. The molecule has 2 aromatic heterocycles. The van der Waals surface area contributed by atoms with Gasteiger partial charge in [-0.05, 0) is 43.5 Å². The Kier molecular flexibility index (Phi) is 3.77. The summed E-state index contributed by atoms with van der Waals surface area (Å²) in [6.45, 7) is 6.21. The number of thiophene rings is 1. The summed E-state index contributed by atoms with van der Waals surface area (Å²) in [4.78, 5) is 21.2. The van der Waals surface area contributed by atoms with Crippen molar-refractivity contribution in [1.82, 2.24) is 9.97 Å². The van der Waals surface area contributed by atoms with Crippen LogP contribution in [0.4, 0.5) is 0 Å². The highest BCUT2D eigenvalue weighted by Gasteiger charge is 2.14. The fourth-order valence-electron chi connectivity index (χ4n) is 3.00. The lowest BCUT2D eigenvalue weighted by molar-refractivity contribution is 1.19. The van der Waals surface area contributed by atoms with Crippen LogP contribution >= 0.6 is 11.3 Å². The molecule has 25 heavy (non-hydrogen) atoms. The second-order valence-corrected chi connectivity index (χ2v) is 7.27. The maximum Gasteiger partial charge on any atom is 0.260 e. The Morgan fingerprint density at radius 1 is 0.960 bits per heavy atom. The van der Waals surface area contributed by atoms with Crippen LogP contribution in [-0.4, -0.2) is 9.97 Å². The van der Waals surface area contributed by atoms with Gasteiger partial charge in [0.2, 0.25) is 0 Å². The van der Waals surface area contributed by atoms with Gasteiger partial charge in [0, 0.05) is 16.5 Å². The van der Waals surface area contributed by atoms with Crippen molar-refractivity contribution in [2.24, 2.45) is 0 Å². The fraction of sp³-hybridized carbons (Fsp3) is 0.143.